The highest BCUT2D eigenvalue weighted by Gasteiger charge is 2.20. The minimum atomic E-state index is -0.575. The zero-order valence-electron chi connectivity index (χ0n) is 5.53. The first-order valence-corrected chi connectivity index (χ1v) is 4.33. The zero-order chi connectivity index (χ0) is 9.30. The summed E-state index contributed by atoms with van der Waals surface area (Å²) in [5, 5.41) is 21.1. The second-order valence-electron chi connectivity index (χ2n) is 1.92. The van der Waals surface area contributed by atoms with Gasteiger partial charge in [-0.1, -0.05) is 0 Å². The lowest BCUT2D eigenvalue weighted by Crippen LogP contribution is -2.25. The van der Waals surface area contributed by atoms with Gasteiger partial charge in [-0.25, -0.2) is 0 Å². The highest BCUT2D eigenvalue weighted by molar-refractivity contribution is 9.11. The Labute approximate surface area is 84.0 Å². The highest BCUT2D eigenvalue weighted by atomic mass is 79.9. The molecule has 0 N–H and O–H groups in total. The summed E-state index contributed by atoms with van der Waals surface area (Å²) in [6.45, 7) is 0. The number of hydrogen-bond donors (Lipinski definition) is 0. The van der Waals surface area contributed by atoms with Crippen LogP contribution in [0.15, 0.2) is 21.3 Å². The van der Waals surface area contributed by atoms with Crippen molar-refractivity contribution in [3.05, 3.63) is 36.7 Å². The van der Waals surface area contributed by atoms with Gasteiger partial charge in [-0.3, -0.25) is 10.1 Å². The van der Waals surface area contributed by atoms with E-state index >= 15 is 0 Å². The molecule has 64 valence electrons. The fourth-order valence-corrected chi connectivity index (χ4v) is 2.06. The molecule has 0 atom stereocenters. The molecule has 12 heavy (non-hydrogen) atoms. The van der Waals surface area contributed by atoms with E-state index in [9.17, 15) is 15.3 Å². The number of halogens is 2. The van der Waals surface area contributed by atoms with Crippen molar-refractivity contribution in [3.8, 4) is 0 Å². The molecule has 0 saturated heterocycles. The molecular formula is C5H2Br2N2O3. The maximum Gasteiger partial charge on any atom is 0.309 e. The van der Waals surface area contributed by atoms with Gasteiger partial charge in [-0.15, -0.1) is 0 Å². The third-order valence-electron chi connectivity index (χ3n) is 1.12. The third-order valence-corrected chi connectivity index (χ3v) is 2.28. The maximum absolute atomic E-state index is 10.7. The van der Waals surface area contributed by atoms with Gasteiger partial charge in [0.2, 0.25) is 12.4 Å². The van der Waals surface area contributed by atoms with Crippen LogP contribution in [-0.4, -0.2) is 4.92 Å². The molecule has 0 unspecified atom stereocenters. The molecule has 0 aliphatic carbocycles. The summed E-state index contributed by atoms with van der Waals surface area (Å²) >= 11 is 5.81. The number of nitro groups is 1. The predicted octanol–water partition coefficient (Wildman–Crippen LogP) is 1.75. The quantitative estimate of drug-likeness (QED) is 0.343. The van der Waals surface area contributed by atoms with Crippen LogP contribution < -0.4 is 4.73 Å². The molecule has 0 spiro atoms. The molecule has 0 fully saturated rings. The van der Waals surface area contributed by atoms with Crippen molar-refractivity contribution in [2.24, 2.45) is 0 Å². The third kappa shape index (κ3) is 1.72. The highest BCUT2D eigenvalue weighted by Crippen LogP contribution is 2.30. The van der Waals surface area contributed by atoms with E-state index in [1.807, 2.05) is 0 Å². The minimum absolute atomic E-state index is 0.150. The molecule has 5 nitrogen and oxygen atoms in total. The van der Waals surface area contributed by atoms with Gasteiger partial charge >= 0.3 is 5.69 Å². The average Bonchev–Trinajstić information content (AvgIpc) is 1.82. The monoisotopic (exact) mass is 296 g/mol. The summed E-state index contributed by atoms with van der Waals surface area (Å²) in [4.78, 5) is 9.81. The van der Waals surface area contributed by atoms with Gasteiger partial charge in [0, 0.05) is 0 Å². The Morgan fingerprint density at radius 1 is 1.33 bits per heavy atom. The standard InChI is InChI=1S/C5H2Br2N2O3/c6-3-1-8(10)2-4(7)5(3)9(11)12/h1-2H. The fourth-order valence-electron chi connectivity index (χ4n) is 0.671. The van der Waals surface area contributed by atoms with E-state index in [4.69, 9.17) is 0 Å². The Balaban J connectivity index is 3.38. The van der Waals surface area contributed by atoms with Crippen LogP contribution in [0, 0.1) is 15.3 Å². The molecule has 1 rings (SSSR count). The molecule has 0 bridgehead atoms. The van der Waals surface area contributed by atoms with Crippen molar-refractivity contribution < 1.29 is 9.65 Å². The van der Waals surface area contributed by atoms with Crippen molar-refractivity contribution in [2.45, 2.75) is 0 Å². The van der Waals surface area contributed by atoms with Gasteiger partial charge in [0.25, 0.3) is 0 Å². The Morgan fingerprint density at radius 2 is 1.75 bits per heavy atom. The molecule has 0 amide bonds. The lowest BCUT2D eigenvalue weighted by Gasteiger charge is -1.98. The average molecular weight is 298 g/mol. The second-order valence-corrected chi connectivity index (χ2v) is 3.63. The topological polar surface area (TPSA) is 70.1 Å². The maximum atomic E-state index is 10.7. The summed E-state index contributed by atoms with van der Waals surface area (Å²) in [5.41, 5.74) is -0.151. The smallest absolute Gasteiger partial charge is 0.309 e. The summed E-state index contributed by atoms with van der Waals surface area (Å²) in [6.07, 6.45) is 2.14. The molecule has 0 aliphatic heterocycles. The van der Waals surface area contributed by atoms with Crippen LogP contribution in [0.4, 0.5) is 5.69 Å². The van der Waals surface area contributed by atoms with Gasteiger partial charge in [0.15, 0.2) is 8.95 Å². The van der Waals surface area contributed by atoms with Crippen LogP contribution >= 0.6 is 31.9 Å². The number of aromatic nitrogens is 1. The van der Waals surface area contributed by atoms with Crippen molar-refractivity contribution in [3.63, 3.8) is 0 Å². The number of pyridine rings is 1. The lowest BCUT2D eigenvalue weighted by molar-refractivity contribution is -0.607. The van der Waals surface area contributed by atoms with Crippen LogP contribution in [0.1, 0.15) is 0 Å². The van der Waals surface area contributed by atoms with Gasteiger partial charge < -0.3 is 5.21 Å². The normalized spacial score (nSPS) is 9.83. The molecule has 1 aromatic heterocycles. The summed E-state index contributed by atoms with van der Waals surface area (Å²) in [5.74, 6) is 0. The van der Waals surface area contributed by atoms with E-state index < -0.39 is 4.92 Å². The fraction of sp³-hybridized carbons (Fsp3) is 0. The van der Waals surface area contributed by atoms with Crippen LogP contribution in [0.25, 0.3) is 0 Å². The van der Waals surface area contributed by atoms with E-state index in [2.05, 4.69) is 31.9 Å². The summed E-state index contributed by atoms with van der Waals surface area (Å²) in [6, 6.07) is 0. The predicted molar refractivity (Wildman–Crippen MR) is 47.5 cm³/mol. The first kappa shape index (κ1) is 9.40. The van der Waals surface area contributed by atoms with Crippen molar-refractivity contribution in [1.82, 2.24) is 0 Å². The first-order chi connectivity index (χ1) is 5.52. The van der Waals surface area contributed by atoms with Crippen LogP contribution in [-0.2, 0) is 0 Å². The molecule has 1 heterocycles. The van der Waals surface area contributed by atoms with E-state index in [1.54, 1.807) is 0 Å². The Morgan fingerprint density at radius 3 is 2.08 bits per heavy atom. The summed E-state index contributed by atoms with van der Waals surface area (Å²) in [7, 11) is 0. The number of rotatable bonds is 1. The first-order valence-electron chi connectivity index (χ1n) is 2.74. The van der Waals surface area contributed by atoms with Gasteiger partial charge in [0.05, 0.1) is 4.92 Å². The van der Waals surface area contributed by atoms with Gasteiger partial charge in [-0.2, -0.15) is 4.73 Å². The van der Waals surface area contributed by atoms with E-state index in [1.165, 1.54) is 0 Å². The molecular weight excluding hydrogens is 296 g/mol. The summed E-state index contributed by atoms with van der Waals surface area (Å²) < 4.78 is 0.773. The minimum Gasteiger partial charge on any atom is -0.619 e. The SMILES string of the molecule is O=[N+]([O-])c1c(Br)c[n+]([O-])cc1Br. The zero-order valence-corrected chi connectivity index (χ0v) is 8.70. The van der Waals surface area contributed by atoms with E-state index in [0.717, 1.165) is 12.4 Å². The number of nitrogens with zero attached hydrogens (tertiary/aromatic N) is 2. The Hall–Kier alpha value is -0.690. The molecule has 1 aromatic rings. The van der Waals surface area contributed by atoms with Crippen LogP contribution in [0.5, 0.6) is 0 Å². The molecule has 0 aromatic carbocycles. The van der Waals surface area contributed by atoms with Crippen LogP contribution in [0.3, 0.4) is 0 Å². The Bertz CT molecular complexity index is 318. The van der Waals surface area contributed by atoms with Gasteiger partial charge in [0.1, 0.15) is 0 Å². The molecule has 7 heteroatoms. The van der Waals surface area contributed by atoms with E-state index in [0.29, 0.717) is 4.73 Å². The van der Waals surface area contributed by atoms with Crippen molar-refractivity contribution in [2.75, 3.05) is 0 Å². The van der Waals surface area contributed by atoms with E-state index in [-0.39, 0.29) is 14.6 Å². The molecule has 0 aliphatic rings. The van der Waals surface area contributed by atoms with Gasteiger partial charge in [-0.05, 0) is 31.9 Å². The lowest BCUT2D eigenvalue weighted by atomic mass is 10.4. The largest absolute Gasteiger partial charge is 0.619 e. The van der Waals surface area contributed by atoms with Crippen molar-refractivity contribution in [1.29, 1.82) is 0 Å². The van der Waals surface area contributed by atoms with Crippen molar-refractivity contribution >= 4 is 37.5 Å². The Kier molecular flexibility index (Phi) is 2.63. The number of hydrogen-bond acceptors (Lipinski definition) is 3. The molecule has 0 saturated carbocycles. The van der Waals surface area contributed by atoms with Crippen LogP contribution in [0.2, 0.25) is 0 Å². The second kappa shape index (κ2) is 3.36. The molecule has 0 radical (unpaired) electrons.